The van der Waals surface area contributed by atoms with Gasteiger partial charge in [0, 0.05) is 31.7 Å². The van der Waals surface area contributed by atoms with Crippen molar-refractivity contribution in [2.45, 2.75) is 83.6 Å². The van der Waals surface area contributed by atoms with Gasteiger partial charge in [-0.1, -0.05) is 30.3 Å². The van der Waals surface area contributed by atoms with Crippen LogP contribution in [0.4, 0.5) is 9.59 Å². The average molecular weight is 460 g/mol. The van der Waals surface area contributed by atoms with Crippen molar-refractivity contribution in [1.29, 1.82) is 0 Å². The highest BCUT2D eigenvalue weighted by Crippen LogP contribution is 2.26. The highest BCUT2D eigenvalue weighted by molar-refractivity contribution is 5.68. The van der Waals surface area contributed by atoms with Crippen LogP contribution in [0.25, 0.3) is 0 Å². The maximum atomic E-state index is 12.4. The lowest BCUT2D eigenvalue weighted by Crippen LogP contribution is -2.46. The van der Waals surface area contributed by atoms with E-state index < -0.39 is 5.60 Å². The summed E-state index contributed by atoms with van der Waals surface area (Å²) in [5.74, 6) is 0.603. The number of hydrogen-bond donors (Lipinski definition) is 1. The zero-order valence-corrected chi connectivity index (χ0v) is 20.7. The number of piperidine rings is 1. The van der Waals surface area contributed by atoms with E-state index in [-0.39, 0.29) is 18.2 Å². The summed E-state index contributed by atoms with van der Waals surface area (Å²) in [7, 11) is 2.22. The van der Waals surface area contributed by atoms with Crippen molar-refractivity contribution in [1.82, 2.24) is 15.1 Å². The lowest BCUT2D eigenvalue weighted by Gasteiger charge is -2.38. The molecule has 0 bridgehead atoms. The van der Waals surface area contributed by atoms with Gasteiger partial charge in [-0.05, 0) is 77.8 Å². The Hall–Kier alpha value is -2.28. The summed E-state index contributed by atoms with van der Waals surface area (Å²) in [4.78, 5) is 28.7. The standard InChI is InChI=1S/C26H41N3O4/c1-26(2,3)33-24(30)27-22-10-12-23(13-11-22)28(4)18-20-14-16-29(17-15-20)25(31)32-19-21-8-6-5-7-9-21/h5-9,20,22-23H,10-19H2,1-4H3,(H,27,30). The Balaban J connectivity index is 1.32. The molecule has 1 aromatic carbocycles. The second kappa shape index (κ2) is 11.7. The number of ether oxygens (including phenoxy) is 2. The molecule has 7 nitrogen and oxygen atoms in total. The molecule has 1 saturated carbocycles. The van der Waals surface area contributed by atoms with Crippen LogP contribution in [-0.4, -0.2) is 66.4 Å². The molecule has 0 unspecified atom stereocenters. The molecule has 1 aliphatic carbocycles. The van der Waals surface area contributed by atoms with E-state index >= 15 is 0 Å². The lowest BCUT2D eigenvalue weighted by atomic mass is 9.89. The summed E-state index contributed by atoms with van der Waals surface area (Å²) in [6.07, 6.45) is 5.65. The predicted molar refractivity (Wildman–Crippen MR) is 129 cm³/mol. The highest BCUT2D eigenvalue weighted by Gasteiger charge is 2.29. The van der Waals surface area contributed by atoms with Crippen LogP contribution < -0.4 is 5.32 Å². The van der Waals surface area contributed by atoms with Gasteiger partial charge in [0.25, 0.3) is 0 Å². The zero-order valence-electron chi connectivity index (χ0n) is 20.7. The largest absolute Gasteiger partial charge is 0.445 e. The molecule has 1 aliphatic heterocycles. The summed E-state index contributed by atoms with van der Waals surface area (Å²) in [6.45, 7) is 8.57. The van der Waals surface area contributed by atoms with Crippen LogP contribution in [0.3, 0.4) is 0 Å². The van der Waals surface area contributed by atoms with Crippen LogP contribution in [0, 0.1) is 5.92 Å². The molecule has 0 spiro atoms. The molecule has 7 heteroatoms. The number of rotatable bonds is 6. The van der Waals surface area contributed by atoms with Crippen molar-refractivity contribution in [2.75, 3.05) is 26.7 Å². The van der Waals surface area contributed by atoms with E-state index in [4.69, 9.17) is 9.47 Å². The number of nitrogens with zero attached hydrogens (tertiary/aromatic N) is 2. The van der Waals surface area contributed by atoms with E-state index in [2.05, 4.69) is 17.3 Å². The van der Waals surface area contributed by atoms with Gasteiger partial charge < -0.3 is 24.6 Å². The van der Waals surface area contributed by atoms with Crippen molar-refractivity contribution in [2.24, 2.45) is 5.92 Å². The number of amides is 2. The van der Waals surface area contributed by atoms with Crippen molar-refractivity contribution in [3.05, 3.63) is 35.9 Å². The van der Waals surface area contributed by atoms with Crippen molar-refractivity contribution in [3.8, 4) is 0 Å². The molecular formula is C26H41N3O4. The number of nitrogens with one attached hydrogen (secondary N) is 1. The van der Waals surface area contributed by atoms with Crippen LogP contribution in [0.5, 0.6) is 0 Å². The van der Waals surface area contributed by atoms with Crippen molar-refractivity contribution in [3.63, 3.8) is 0 Å². The van der Waals surface area contributed by atoms with E-state index in [0.717, 1.165) is 63.7 Å². The minimum absolute atomic E-state index is 0.203. The van der Waals surface area contributed by atoms with Crippen LogP contribution in [0.15, 0.2) is 30.3 Å². The van der Waals surface area contributed by atoms with Gasteiger partial charge in [-0.15, -0.1) is 0 Å². The van der Waals surface area contributed by atoms with Crippen LogP contribution in [0.2, 0.25) is 0 Å². The van der Waals surface area contributed by atoms with Gasteiger partial charge in [0.2, 0.25) is 0 Å². The van der Waals surface area contributed by atoms with Gasteiger partial charge in [-0.3, -0.25) is 0 Å². The Morgan fingerprint density at radius 1 is 1.03 bits per heavy atom. The molecule has 2 amide bonds. The Morgan fingerprint density at radius 3 is 2.27 bits per heavy atom. The second-order valence-electron chi connectivity index (χ2n) is 10.6. The fraction of sp³-hybridized carbons (Fsp3) is 0.692. The number of alkyl carbamates (subject to hydrolysis) is 1. The van der Waals surface area contributed by atoms with E-state index in [1.165, 1.54) is 0 Å². The third-order valence-electron chi connectivity index (χ3n) is 6.66. The van der Waals surface area contributed by atoms with Crippen LogP contribution in [0.1, 0.15) is 64.9 Å². The van der Waals surface area contributed by atoms with E-state index in [1.807, 2.05) is 56.0 Å². The second-order valence-corrected chi connectivity index (χ2v) is 10.6. The number of carbonyl (C=O) groups is 2. The summed E-state index contributed by atoms with van der Waals surface area (Å²) < 4.78 is 10.9. The first-order valence-corrected chi connectivity index (χ1v) is 12.3. The van der Waals surface area contributed by atoms with Gasteiger partial charge in [0.05, 0.1) is 0 Å². The maximum Gasteiger partial charge on any atom is 0.410 e. The van der Waals surface area contributed by atoms with Gasteiger partial charge >= 0.3 is 12.2 Å². The molecule has 1 N–H and O–H groups in total. The lowest BCUT2D eigenvalue weighted by molar-refractivity contribution is 0.0475. The van der Waals surface area contributed by atoms with Crippen molar-refractivity contribution < 1.29 is 19.1 Å². The Morgan fingerprint density at radius 2 is 1.67 bits per heavy atom. The SMILES string of the molecule is CN(CC1CCN(C(=O)OCc2ccccc2)CC1)C1CCC(NC(=O)OC(C)(C)C)CC1. The molecule has 1 aromatic rings. The highest BCUT2D eigenvalue weighted by atomic mass is 16.6. The molecule has 1 saturated heterocycles. The van der Waals surface area contributed by atoms with Crippen LogP contribution >= 0.6 is 0 Å². The topological polar surface area (TPSA) is 71.1 Å². The minimum Gasteiger partial charge on any atom is -0.445 e. The van der Waals surface area contributed by atoms with Gasteiger partial charge in [-0.2, -0.15) is 0 Å². The summed E-state index contributed by atoms with van der Waals surface area (Å²) in [5, 5.41) is 3.02. The summed E-state index contributed by atoms with van der Waals surface area (Å²) in [6, 6.07) is 10.6. The Kier molecular flexibility index (Phi) is 9.01. The monoisotopic (exact) mass is 459 g/mol. The number of carbonyl (C=O) groups excluding carboxylic acids is 2. The van der Waals surface area contributed by atoms with Crippen molar-refractivity contribution >= 4 is 12.2 Å². The summed E-state index contributed by atoms with van der Waals surface area (Å²) >= 11 is 0. The quantitative estimate of drug-likeness (QED) is 0.661. The normalized spacial score (nSPS) is 22.2. The molecule has 1 heterocycles. The fourth-order valence-corrected chi connectivity index (χ4v) is 4.80. The molecule has 0 radical (unpaired) electrons. The minimum atomic E-state index is -0.463. The van der Waals surface area contributed by atoms with Gasteiger partial charge in [-0.25, -0.2) is 9.59 Å². The zero-order chi connectivity index (χ0) is 23.8. The first kappa shape index (κ1) is 25.3. The van der Waals surface area contributed by atoms with E-state index in [1.54, 1.807) is 0 Å². The maximum absolute atomic E-state index is 12.4. The molecule has 0 atom stereocenters. The molecule has 2 aliphatic rings. The van der Waals surface area contributed by atoms with Gasteiger partial charge in [0.15, 0.2) is 0 Å². The first-order chi connectivity index (χ1) is 15.7. The first-order valence-electron chi connectivity index (χ1n) is 12.3. The third-order valence-corrected chi connectivity index (χ3v) is 6.66. The molecule has 0 aromatic heterocycles. The Bertz CT molecular complexity index is 749. The average Bonchev–Trinajstić information content (AvgIpc) is 2.78. The van der Waals surface area contributed by atoms with Gasteiger partial charge in [0.1, 0.15) is 12.2 Å². The fourth-order valence-electron chi connectivity index (χ4n) is 4.80. The summed E-state index contributed by atoms with van der Waals surface area (Å²) in [5.41, 5.74) is 0.550. The molecule has 184 valence electrons. The Labute approximate surface area is 198 Å². The third kappa shape index (κ3) is 8.54. The molecule has 33 heavy (non-hydrogen) atoms. The molecule has 2 fully saturated rings. The van der Waals surface area contributed by atoms with E-state index in [9.17, 15) is 9.59 Å². The molecule has 3 rings (SSSR count). The number of hydrogen-bond acceptors (Lipinski definition) is 5. The number of benzene rings is 1. The molecular weight excluding hydrogens is 418 g/mol. The smallest absolute Gasteiger partial charge is 0.410 e. The predicted octanol–water partition coefficient (Wildman–Crippen LogP) is 4.80. The number of likely N-dealkylation sites (tertiary alicyclic amines) is 1. The van der Waals surface area contributed by atoms with E-state index in [0.29, 0.717) is 18.6 Å². The van der Waals surface area contributed by atoms with Crippen LogP contribution in [-0.2, 0) is 16.1 Å².